The molecule has 0 radical (unpaired) electrons. The van der Waals surface area contributed by atoms with Gasteiger partial charge in [0.15, 0.2) is 0 Å². The van der Waals surface area contributed by atoms with Crippen LogP contribution in [0.3, 0.4) is 0 Å². The van der Waals surface area contributed by atoms with E-state index in [1.54, 1.807) is 37.3 Å². The second-order valence-electron chi connectivity index (χ2n) is 6.58. The van der Waals surface area contributed by atoms with E-state index in [2.05, 4.69) is 10.7 Å². The highest BCUT2D eigenvalue weighted by molar-refractivity contribution is 6.31. The molecule has 3 rings (SSSR count). The first-order valence-electron chi connectivity index (χ1n) is 8.93. The number of hydrazine groups is 1. The fourth-order valence-corrected chi connectivity index (χ4v) is 3.34. The lowest BCUT2D eigenvalue weighted by Gasteiger charge is -2.35. The molecule has 0 bridgehead atoms. The topological polar surface area (TPSA) is 70.7 Å². The van der Waals surface area contributed by atoms with Crippen LogP contribution in [0.4, 0.5) is 5.69 Å². The Morgan fingerprint density at radius 2 is 1.93 bits per heavy atom. The Bertz CT molecular complexity index is 904. The summed E-state index contributed by atoms with van der Waals surface area (Å²) in [7, 11) is 0. The third-order valence-electron chi connectivity index (χ3n) is 4.37. The second kappa shape index (κ2) is 8.71. The molecular formula is C20H21Cl2N3O3. The summed E-state index contributed by atoms with van der Waals surface area (Å²) in [6.45, 7) is 4.09. The number of halogens is 2. The molecule has 1 aliphatic heterocycles. The molecule has 2 amide bonds. The molecule has 28 heavy (non-hydrogen) atoms. The molecule has 0 spiro atoms. The Morgan fingerprint density at radius 1 is 1.21 bits per heavy atom. The van der Waals surface area contributed by atoms with Crippen LogP contribution in [0, 0.1) is 6.92 Å². The molecule has 2 aromatic carbocycles. The van der Waals surface area contributed by atoms with Gasteiger partial charge in [0.2, 0.25) is 5.91 Å². The van der Waals surface area contributed by atoms with Crippen LogP contribution in [0.25, 0.3) is 0 Å². The van der Waals surface area contributed by atoms with Gasteiger partial charge in [-0.2, -0.15) is 0 Å². The van der Waals surface area contributed by atoms with Crippen molar-refractivity contribution in [2.45, 2.75) is 32.9 Å². The number of anilines is 1. The Balaban J connectivity index is 1.51. The maximum absolute atomic E-state index is 12.7. The van der Waals surface area contributed by atoms with Gasteiger partial charge in [-0.3, -0.25) is 15.0 Å². The van der Waals surface area contributed by atoms with Gasteiger partial charge in [0.25, 0.3) is 5.91 Å². The summed E-state index contributed by atoms with van der Waals surface area (Å²) in [5.41, 5.74) is 4.72. The van der Waals surface area contributed by atoms with Crippen molar-refractivity contribution in [1.82, 2.24) is 10.4 Å². The number of carbonyl (C=O) groups is 2. The third kappa shape index (κ3) is 4.69. The molecule has 6 nitrogen and oxygen atoms in total. The zero-order valence-corrected chi connectivity index (χ0v) is 17.1. The quantitative estimate of drug-likeness (QED) is 0.677. The minimum absolute atomic E-state index is 0.228. The van der Waals surface area contributed by atoms with E-state index in [1.165, 1.54) is 5.01 Å². The molecule has 148 valence electrons. The fraction of sp³-hybridized carbons (Fsp3) is 0.300. The average Bonchev–Trinajstić information content (AvgIpc) is 2.64. The van der Waals surface area contributed by atoms with Gasteiger partial charge in [-0.05, 0) is 62.2 Å². The Labute approximate surface area is 173 Å². The maximum atomic E-state index is 12.7. The van der Waals surface area contributed by atoms with Crippen LogP contribution in [0.5, 0.6) is 5.75 Å². The number of carbonyl (C=O) groups excluding carboxylic acids is 2. The summed E-state index contributed by atoms with van der Waals surface area (Å²) in [6.07, 6.45) is 0.365. The van der Waals surface area contributed by atoms with Crippen LogP contribution in [0.2, 0.25) is 10.0 Å². The van der Waals surface area contributed by atoms with E-state index in [-0.39, 0.29) is 24.4 Å². The number of ether oxygens (including phenoxy) is 1. The van der Waals surface area contributed by atoms with Crippen molar-refractivity contribution in [3.8, 4) is 5.75 Å². The largest absolute Gasteiger partial charge is 0.493 e. The smallest absolute Gasteiger partial charge is 0.276 e. The number of nitrogens with zero attached hydrogens (tertiary/aromatic N) is 1. The first kappa shape index (κ1) is 20.3. The highest BCUT2D eigenvalue weighted by Gasteiger charge is 2.30. The van der Waals surface area contributed by atoms with Crippen LogP contribution in [0.1, 0.15) is 35.7 Å². The van der Waals surface area contributed by atoms with E-state index >= 15 is 0 Å². The van der Waals surface area contributed by atoms with E-state index in [0.717, 1.165) is 11.3 Å². The maximum Gasteiger partial charge on any atom is 0.276 e. The van der Waals surface area contributed by atoms with E-state index in [1.807, 2.05) is 13.0 Å². The lowest BCUT2D eigenvalue weighted by atomic mass is 10.1. The normalized spacial score (nSPS) is 15.6. The minimum Gasteiger partial charge on any atom is -0.493 e. The predicted molar refractivity (Wildman–Crippen MR) is 110 cm³/mol. The van der Waals surface area contributed by atoms with Crippen LogP contribution in [0.15, 0.2) is 36.4 Å². The van der Waals surface area contributed by atoms with Gasteiger partial charge in [-0.25, -0.2) is 5.01 Å². The van der Waals surface area contributed by atoms with Gasteiger partial charge in [0, 0.05) is 22.2 Å². The van der Waals surface area contributed by atoms with Crippen molar-refractivity contribution in [3.05, 3.63) is 57.6 Å². The summed E-state index contributed by atoms with van der Waals surface area (Å²) in [5.74, 6) is 0.177. The van der Waals surface area contributed by atoms with Crippen LogP contribution < -0.4 is 15.5 Å². The summed E-state index contributed by atoms with van der Waals surface area (Å²) in [5, 5.41) is 5.57. The van der Waals surface area contributed by atoms with Gasteiger partial charge < -0.3 is 10.1 Å². The van der Waals surface area contributed by atoms with Crippen LogP contribution in [-0.4, -0.2) is 29.6 Å². The van der Waals surface area contributed by atoms with Gasteiger partial charge in [-0.15, -0.1) is 0 Å². The monoisotopic (exact) mass is 421 g/mol. The summed E-state index contributed by atoms with van der Waals surface area (Å²) < 4.78 is 5.69. The lowest BCUT2D eigenvalue weighted by Crippen LogP contribution is -2.56. The number of amides is 2. The first-order chi connectivity index (χ1) is 13.3. The fourth-order valence-electron chi connectivity index (χ4n) is 2.94. The molecule has 2 aromatic rings. The Hall–Kier alpha value is -2.44. The summed E-state index contributed by atoms with van der Waals surface area (Å²) >= 11 is 11.9. The minimum atomic E-state index is -0.377. The summed E-state index contributed by atoms with van der Waals surface area (Å²) in [4.78, 5) is 24.9. The number of hydrogen-bond donors (Lipinski definition) is 2. The molecule has 0 fully saturated rings. The van der Waals surface area contributed by atoms with E-state index in [4.69, 9.17) is 27.9 Å². The SMILES string of the molecule is Cc1cc(Cl)ccc1OCCCC(=O)NN1C(=O)c2cc(Cl)ccc2NC1C. The van der Waals surface area contributed by atoms with E-state index in [9.17, 15) is 9.59 Å². The zero-order valence-electron chi connectivity index (χ0n) is 15.6. The third-order valence-corrected chi connectivity index (χ3v) is 4.84. The first-order valence-corrected chi connectivity index (χ1v) is 9.69. The van der Waals surface area contributed by atoms with E-state index in [0.29, 0.717) is 34.3 Å². The van der Waals surface area contributed by atoms with Crippen molar-refractivity contribution in [2.24, 2.45) is 0 Å². The highest BCUT2D eigenvalue weighted by Crippen LogP contribution is 2.27. The number of aryl methyl sites for hydroxylation is 1. The molecule has 2 N–H and O–H groups in total. The molecule has 0 saturated carbocycles. The van der Waals surface area contributed by atoms with Gasteiger partial charge >= 0.3 is 0 Å². The Kier molecular flexibility index (Phi) is 6.31. The second-order valence-corrected chi connectivity index (χ2v) is 7.46. The number of rotatable bonds is 6. The number of fused-ring (bicyclic) bond motifs is 1. The molecule has 8 heteroatoms. The molecule has 1 unspecified atom stereocenters. The van der Waals surface area contributed by atoms with Gasteiger partial charge in [0.05, 0.1) is 12.2 Å². The molecule has 1 aliphatic rings. The van der Waals surface area contributed by atoms with Crippen LogP contribution >= 0.6 is 23.2 Å². The van der Waals surface area contributed by atoms with E-state index < -0.39 is 0 Å². The number of hydrogen-bond acceptors (Lipinski definition) is 4. The standard InChI is InChI=1S/C20H21Cl2N3O3/c1-12-10-14(21)6-8-18(12)28-9-3-4-19(26)24-25-13(2)23-17-7-5-15(22)11-16(17)20(25)27/h5-8,10-11,13,23H,3-4,9H2,1-2H3,(H,24,26). The van der Waals surface area contributed by atoms with Crippen molar-refractivity contribution < 1.29 is 14.3 Å². The zero-order chi connectivity index (χ0) is 20.3. The molecule has 1 atom stereocenters. The van der Waals surface area contributed by atoms with Crippen LogP contribution in [-0.2, 0) is 4.79 Å². The molecule has 0 aromatic heterocycles. The molecular weight excluding hydrogens is 401 g/mol. The van der Waals surface area contributed by atoms with Crippen molar-refractivity contribution in [2.75, 3.05) is 11.9 Å². The lowest BCUT2D eigenvalue weighted by molar-refractivity contribution is -0.125. The predicted octanol–water partition coefficient (Wildman–Crippen LogP) is 4.41. The average molecular weight is 422 g/mol. The van der Waals surface area contributed by atoms with Gasteiger partial charge in [-0.1, -0.05) is 23.2 Å². The van der Waals surface area contributed by atoms with Crippen molar-refractivity contribution >= 4 is 40.7 Å². The molecule has 0 saturated heterocycles. The van der Waals surface area contributed by atoms with Crippen molar-refractivity contribution in [1.29, 1.82) is 0 Å². The molecule has 1 heterocycles. The number of benzene rings is 2. The highest BCUT2D eigenvalue weighted by atomic mass is 35.5. The number of nitrogens with one attached hydrogen (secondary N) is 2. The van der Waals surface area contributed by atoms with Crippen molar-refractivity contribution in [3.63, 3.8) is 0 Å². The Morgan fingerprint density at radius 3 is 2.68 bits per heavy atom. The molecule has 0 aliphatic carbocycles. The van der Waals surface area contributed by atoms with Gasteiger partial charge in [0.1, 0.15) is 11.9 Å². The summed E-state index contributed by atoms with van der Waals surface area (Å²) in [6, 6.07) is 10.4.